The number of benzene rings is 3. The van der Waals surface area contributed by atoms with E-state index in [1.54, 1.807) is 31.4 Å². The van der Waals surface area contributed by atoms with Gasteiger partial charge in [-0.1, -0.05) is 6.07 Å². The fourth-order valence-corrected chi connectivity index (χ4v) is 3.75. The van der Waals surface area contributed by atoms with Gasteiger partial charge in [0, 0.05) is 21.8 Å². The number of aryl methyl sites for hydroxylation is 2. The topological polar surface area (TPSA) is 67.4 Å². The van der Waals surface area contributed by atoms with Crippen LogP contribution < -0.4 is 15.4 Å². The van der Waals surface area contributed by atoms with Crippen molar-refractivity contribution in [3.63, 3.8) is 0 Å². The number of hydrogen-bond donors (Lipinski definition) is 2. The molecule has 0 bridgehead atoms. The number of rotatable bonds is 7. The molecule has 3 aromatic carbocycles. The van der Waals surface area contributed by atoms with E-state index < -0.39 is 0 Å². The molecule has 1 atom stereocenters. The molecule has 0 saturated carbocycles. The number of hydrogen-bond acceptors (Lipinski definition) is 4. The average Bonchev–Trinajstić information content (AvgIpc) is 2.77. The number of carbonyl (C=O) groups excluding carboxylic acids is 2. The molecule has 0 saturated heterocycles. The van der Waals surface area contributed by atoms with Crippen LogP contribution in [0, 0.1) is 13.8 Å². The zero-order valence-electron chi connectivity index (χ0n) is 18.1. The zero-order chi connectivity index (χ0) is 22.4. The number of carbonyl (C=O) groups is 2. The summed E-state index contributed by atoms with van der Waals surface area (Å²) >= 11 is 1.47. The molecule has 1 unspecified atom stereocenters. The Labute approximate surface area is 187 Å². The summed E-state index contributed by atoms with van der Waals surface area (Å²) in [6.45, 7) is 5.95. The summed E-state index contributed by atoms with van der Waals surface area (Å²) in [5.41, 5.74) is 4.38. The number of anilines is 2. The average molecular weight is 435 g/mol. The molecule has 3 aromatic rings. The summed E-state index contributed by atoms with van der Waals surface area (Å²) < 4.78 is 5.11. The molecule has 2 amide bonds. The highest BCUT2D eigenvalue weighted by atomic mass is 32.2. The van der Waals surface area contributed by atoms with Crippen LogP contribution in [0.2, 0.25) is 0 Å². The maximum Gasteiger partial charge on any atom is 0.255 e. The van der Waals surface area contributed by atoms with E-state index in [1.165, 1.54) is 17.3 Å². The maximum absolute atomic E-state index is 12.5. The molecule has 0 spiro atoms. The lowest BCUT2D eigenvalue weighted by Gasteiger charge is -2.13. The summed E-state index contributed by atoms with van der Waals surface area (Å²) in [5, 5.41) is 5.58. The summed E-state index contributed by atoms with van der Waals surface area (Å²) in [5.74, 6) is 0.461. The van der Waals surface area contributed by atoms with Crippen molar-refractivity contribution >= 4 is 35.0 Å². The van der Waals surface area contributed by atoms with Gasteiger partial charge in [0.1, 0.15) is 5.75 Å². The van der Waals surface area contributed by atoms with Crippen molar-refractivity contribution in [1.29, 1.82) is 0 Å². The van der Waals surface area contributed by atoms with E-state index in [0.717, 1.165) is 16.1 Å². The van der Waals surface area contributed by atoms with Crippen molar-refractivity contribution in [2.45, 2.75) is 30.9 Å². The van der Waals surface area contributed by atoms with Crippen LogP contribution in [0.25, 0.3) is 0 Å². The third-order valence-corrected chi connectivity index (χ3v) is 6.03. The van der Waals surface area contributed by atoms with Crippen LogP contribution in [-0.2, 0) is 4.79 Å². The highest BCUT2D eigenvalue weighted by Gasteiger charge is 2.15. The monoisotopic (exact) mass is 434 g/mol. The lowest BCUT2D eigenvalue weighted by Crippen LogP contribution is -2.22. The summed E-state index contributed by atoms with van der Waals surface area (Å²) in [6.07, 6.45) is 0. The third kappa shape index (κ3) is 6.12. The summed E-state index contributed by atoms with van der Waals surface area (Å²) in [6, 6.07) is 20.3. The molecule has 0 aliphatic heterocycles. The molecule has 0 aliphatic rings. The predicted octanol–water partition coefficient (Wildman–Crippen LogP) is 5.68. The van der Waals surface area contributed by atoms with E-state index in [9.17, 15) is 9.59 Å². The van der Waals surface area contributed by atoms with Crippen LogP contribution in [0.4, 0.5) is 11.4 Å². The Morgan fingerprint density at radius 2 is 1.48 bits per heavy atom. The highest BCUT2D eigenvalue weighted by Crippen LogP contribution is 2.26. The fourth-order valence-electron chi connectivity index (χ4n) is 2.88. The van der Waals surface area contributed by atoms with Crippen LogP contribution in [0.15, 0.2) is 71.6 Å². The smallest absolute Gasteiger partial charge is 0.255 e. The molecule has 6 heteroatoms. The first-order valence-corrected chi connectivity index (χ1v) is 10.8. The van der Waals surface area contributed by atoms with Gasteiger partial charge in [-0.3, -0.25) is 9.59 Å². The van der Waals surface area contributed by atoms with Gasteiger partial charge >= 0.3 is 0 Å². The molecule has 0 heterocycles. The molecule has 0 aromatic heterocycles. The van der Waals surface area contributed by atoms with Gasteiger partial charge in [0.15, 0.2) is 0 Å². The molecule has 160 valence electrons. The van der Waals surface area contributed by atoms with E-state index in [0.29, 0.717) is 17.0 Å². The Kier molecular flexibility index (Phi) is 7.36. The molecule has 31 heavy (non-hydrogen) atoms. The van der Waals surface area contributed by atoms with E-state index in [2.05, 4.69) is 10.6 Å². The van der Waals surface area contributed by atoms with Gasteiger partial charge in [0.05, 0.1) is 12.4 Å². The second-order valence-corrected chi connectivity index (χ2v) is 8.67. The Bertz CT molecular complexity index is 1060. The van der Waals surface area contributed by atoms with Gasteiger partial charge in [0.2, 0.25) is 5.91 Å². The van der Waals surface area contributed by atoms with Gasteiger partial charge in [-0.05, 0) is 92.6 Å². The lowest BCUT2D eigenvalue weighted by atomic mass is 10.1. The Hall–Kier alpha value is -3.25. The quantitative estimate of drug-likeness (QED) is 0.469. The first-order chi connectivity index (χ1) is 14.9. The largest absolute Gasteiger partial charge is 0.497 e. The van der Waals surface area contributed by atoms with Gasteiger partial charge in [-0.15, -0.1) is 11.8 Å². The van der Waals surface area contributed by atoms with Gasteiger partial charge in [-0.2, -0.15) is 0 Å². The predicted molar refractivity (Wildman–Crippen MR) is 127 cm³/mol. The Morgan fingerprint density at radius 3 is 2.10 bits per heavy atom. The minimum atomic E-state index is -0.263. The molecule has 2 N–H and O–H groups in total. The van der Waals surface area contributed by atoms with Crippen molar-refractivity contribution in [2.24, 2.45) is 0 Å². The van der Waals surface area contributed by atoms with Crippen molar-refractivity contribution in [3.8, 4) is 5.75 Å². The van der Waals surface area contributed by atoms with Crippen LogP contribution in [0.3, 0.4) is 0 Å². The number of amides is 2. The molecular weight excluding hydrogens is 408 g/mol. The van der Waals surface area contributed by atoms with E-state index in [-0.39, 0.29) is 17.1 Å². The second-order valence-electron chi connectivity index (χ2n) is 7.26. The van der Waals surface area contributed by atoms with Gasteiger partial charge in [0.25, 0.3) is 5.91 Å². The fraction of sp³-hybridized carbons (Fsp3) is 0.200. The third-order valence-electron chi connectivity index (χ3n) is 4.92. The minimum Gasteiger partial charge on any atom is -0.497 e. The highest BCUT2D eigenvalue weighted by molar-refractivity contribution is 8.00. The van der Waals surface area contributed by atoms with E-state index in [4.69, 9.17) is 4.74 Å². The Balaban J connectivity index is 1.55. The molecule has 0 fully saturated rings. The van der Waals surface area contributed by atoms with E-state index in [1.807, 2.05) is 63.2 Å². The molecule has 3 rings (SSSR count). The standard InChI is InChI=1S/C25H26N2O3S/c1-16-5-8-21(15-17(16)2)27-24(28)18(3)31-23-13-9-20(10-14-23)26-25(29)19-6-11-22(30-4)12-7-19/h5-15,18H,1-4H3,(H,26,29)(H,27,28). The first kappa shape index (κ1) is 22.4. The van der Waals surface area contributed by atoms with Crippen molar-refractivity contribution in [2.75, 3.05) is 17.7 Å². The van der Waals surface area contributed by atoms with Crippen LogP contribution in [0.5, 0.6) is 5.75 Å². The zero-order valence-corrected chi connectivity index (χ0v) is 18.9. The van der Waals surface area contributed by atoms with Crippen molar-refractivity contribution in [3.05, 3.63) is 83.4 Å². The lowest BCUT2D eigenvalue weighted by molar-refractivity contribution is -0.115. The number of methoxy groups -OCH3 is 1. The Morgan fingerprint density at radius 1 is 0.839 bits per heavy atom. The van der Waals surface area contributed by atoms with Crippen LogP contribution in [-0.4, -0.2) is 24.2 Å². The SMILES string of the molecule is COc1ccc(C(=O)Nc2ccc(SC(C)C(=O)Nc3ccc(C)c(C)c3)cc2)cc1. The first-order valence-electron chi connectivity index (χ1n) is 9.96. The van der Waals surface area contributed by atoms with Crippen LogP contribution >= 0.6 is 11.8 Å². The number of nitrogens with one attached hydrogen (secondary N) is 2. The molecule has 0 radical (unpaired) electrons. The number of ether oxygens (including phenoxy) is 1. The van der Waals surface area contributed by atoms with E-state index >= 15 is 0 Å². The normalized spacial score (nSPS) is 11.5. The molecule has 0 aliphatic carbocycles. The number of thioether (sulfide) groups is 1. The minimum absolute atomic E-state index is 0.0508. The van der Waals surface area contributed by atoms with Gasteiger partial charge < -0.3 is 15.4 Å². The molecular formula is C25H26N2O3S. The molecule has 5 nitrogen and oxygen atoms in total. The van der Waals surface area contributed by atoms with Crippen molar-refractivity contribution in [1.82, 2.24) is 0 Å². The second kappa shape index (κ2) is 10.2. The van der Waals surface area contributed by atoms with Gasteiger partial charge in [-0.25, -0.2) is 0 Å². The van der Waals surface area contributed by atoms with Crippen LogP contribution in [0.1, 0.15) is 28.4 Å². The summed E-state index contributed by atoms with van der Waals surface area (Å²) in [4.78, 5) is 25.9. The maximum atomic E-state index is 12.5. The van der Waals surface area contributed by atoms with Crippen molar-refractivity contribution < 1.29 is 14.3 Å². The summed E-state index contributed by atoms with van der Waals surface area (Å²) in [7, 11) is 1.59.